The van der Waals surface area contributed by atoms with E-state index in [2.05, 4.69) is 15.4 Å². The topological polar surface area (TPSA) is 91.0 Å². The van der Waals surface area contributed by atoms with Crippen LogP contribution in [0.3, 0.4) is 0 Å². The molecule has 134 valence electrons. The highest BCUT2D eigenvalue weighted by Gasteiger charge is 2.22. The van der Waals surface area contributed by atoms with Crippen LogP contribution in [-0.2, 0) is 14.1 Å². The number of nitrogens with one attached hydrogen (secondary N) is 1. The summed E-state index contributed by atoms with van der Waals surface area (Å²) in [7, 11) is 4.95. The standard InChI is InChI=1S/C18H19N5O3/c1-22-11-10-19-17(22)16(12-4-6-13(26-3)7-5-12)20-18(25)14-8-9-15(24)23(2)21-14/h4-11,16H,1-3H3,(H,20,25)/t16-/m0/s1. The largest absolute Gasteiger partial charge is 0.497 e. The number of carbonyl (C=O) groups is 1. The second kappa shape index (κ2) is 7.22. The first-order chi connectivity index (χ1) is 12.5. The van der Waals surface area contributed by atoms with E-state index in [0.717, 1.165) is 16.0 Å². The molecule has 0 saturated heterocycles. The predicted molar refractivity (Wildman–Crippen MR) is 95.0 cm³/mol. The van der Waals surface area contributed by atoms with Crippen molar-refractivity contribution in [2.75, 3.05) is 7.11 Å². The molecule has 8 nitrogen and oxygen atoms in total. The fraction of sp³-hybridized carbons (Fsp3) is 0.222. The summed E-state index contributed by atoms with van der Waals surface area (Å²) in [4.78, 5) is 28.5. The maximum absolute atomic E-state index is 12.7. The summed E-state index contributed by atoms with van der Waals surface area (Å²) in [5, 5.41) is 6.93. The molecule has 3 rings (SSSR count). The van der Waals surface area contributed by atoms with E-state index in [4.69, 9.17) is 4.74 Å². The van der Waals surface area contributed by atoms with Crippen molar-refractivity contribution in [3.63, 3.8) is 0 Å². The molecule has 0 aliphatic heterocycles. The molecule has 0 radical (unpaired) electrons. The Bertz CT molecular complexity index is 975. The normalized spacial score (nSPS) is 11.8. The van der Waals surface area contributed by atoms with Crippen molar-refractivity contribution >= 4 is 5.91 Å². The summed E-state index contributed by atoms with van der Waals surface area (Å²) < 4.78 is 8.15. The van der Waals surface area contributed by atoms with E-state index in [1.807, 2.05) is 42.1 Å². The molecule has 8 heteroatoms. The Morgan fingerprint density at radius 2 is 1.88 bits per heavy atom. The van der Waals surface area contributed by atoms with E-state index in [0.29, 0.717) is 5.82 Å². The summed E-state index contributed by atoms with van der Waals surface area (Å²) in [6.45, 7) is 0. The molecule has 1 atom stereocenters. The third-order valence-corrected chi connectivity index (χ3v) is 4.03. The van der Waals surface area contributed by atoms with Crippen LogP contribution in [0.15, 0.2) is 53.6 Å². The Balaban J connectivity index is 1.95. The quantitative estimate of drug-likeness (QED) is 0.740. The van der Waals surface area contributed by atoms with E-state index in [1.54, 1.807) is 13.3 Å². The lowest BCUT2D eigenvalue weighted by molar-refractivity contribution is 0.0934. The molecular weight excluding hydrogens is 334 g/mol. The van der Waals surface area contributed by atoms with Gasteiger partial charge >= 0.3 is 0 Å². The van der Waals surface area contributed by atoms with Crippen LogP contribution in [0.5, 0.6) is 5.75 Å². The minimum atomic E-state index is -0.479. The summed E-state index contributed by atoms with van der Waals surface area (Å²) in [6.07, 6.45) is 3.48. The van der Waals surface area contributed by atoms with Crippen LogP contribution in [-0.4, -0.2) is 32.3 Å². The molecule has 2 aromatic heterocycles. The molecule has 0 unspecified atom stereocenters. The van der Waals surface area contributed by atoms with Crippen molar-refractivity contribution in [1.82, 2.24) is 24.6 Å². The lowest BCUT2D eigenvalue weighted by Crippen LogP contribution is -2.33. The van der Waals surface area contributed by atoms with Gasteiger partial charge in [-0.25, -0.2) is 9.67 Å². The van der Waals surface area contributed by atoms with Gasteiger partial charge in [-0.1, -0.05) is 12.1 Å². The number of amides is 1. The molecule has 0 fully saturated rings. The summed E-state index contributed by atoms with van der Waals surface area (Å²) >= 11 is 0. The first-order valence-corrected chi connectivity index (χ1v) is 7.96. The number of nitrogens with zero attached hydrogens (tertiary/aromatic N) is 4. The second-order valence-electron chi connectivity index (χ2n) is 5.76. The predicted octanol–water partition coefficient (Wildman–Crippen LogP) is 1.04. The zero-order chi connectivity index (χ0) is 18.7. The average Bonchev–Trinajstić information content (AvgIpc) is 3.07. The lowest BCUT2D eigenvalue weighted by atomic mass is 10.1. The van der Waals surface area contributed by atoms with Gasteiger partial charge in [-0.05, 0) is 23.8 Å². The molecule has 0 saturated carbocycles. The molecule has 26 heavy (non-hydrogen) atoms. The summed E-state index contributed by atoms with van der Waals surface area (Å²) in [5.74, 6) is 0.996. The van der Waals surface area contributed by atoms with Crippen molar-refractivity contribution in [3.8, 4) is 5.75 Å². The maximum Gasteiger partial charge on any atom is 0.272 e. The van der Waals surface area contributed by atoms with Gasteiger partial charge in [0.2, 0.25) is 0 Å². The van der Waals surface area contributed by atoms with Crippen LogP contribution in [0.25, 0.3) is 0 Å². The van der Waals surface area contributed by atoms with Crippen LogP contribution in [0.2, 0.25) is 0 Å². The van der Waals surface area contributed by atoms with Crippen LogP contribution in [0, 0.1) is 0 Å². The molecular formula is C18H19N5O3. The maximum atomic E-state index is 12.7. The minimum Gasteiger partial charge on any atom is -0.497 e. The second-order valence-corrected chi connectivity index (χ2v) is 5.76. The van der Waals surface area contributed by atoms with E-state index in [-0.39, 0.29) is 11.3 Å². The highest BCUT2D eigenvalue weighted by molar-refractivity contribution is 5.92. The lowest BCUT2D eigenvalue weighted by Gasteiger charge is -2.19. The van der Waals surface area contributed by atoms with Crippen molar-refractivity contribution < 1.29 is 9.53 Å². The highest BCUT2D eigenvalue weighted by Crippen LogP contribution is 2.23. The molecule has 0 spiro atoms. The number of methoxy groups -OCH3 is 1. The van der Waals surface area contributed by atoms with E-state index in [1.165, 1.54) is 19.2 Å². The third-order valence-electron chi connectivity index (χ3n) is 4.03. The molecule has 3 aromatic rings. The third kappa shape index (κ3) is 3.49. The number of aryl methyl sites for hydroxylation is 2. The smallest absolute Gasteiger partial charge is 0.272 e. The molecule has 0 aliphatic carbocycles. The van der Waals surface area contributed by atoms with Gasteiger partial charge in [0.05, 0.1) is 7.11 Å². The number of hydrogen-bond donors (Lipinski definition) is 1. The van der Waals surface area contributed by atoms with Crippen LogP contribution >= 0.6 is 0 Å². The Morgan fingerprint density at radius 3 is 2.46 bits per heavy atom. The average molecular weight is 353 g/mol. The van der Waals surface area contributed by atoms with Crippen molar-refractivity contribution in [2.24, 2.45) is 14.1 Å². The number of rotatable bonds is 5. The molecule has 1 aromatic carbocycles. The Kier molecular flexibility index (Phi) is 4.83. The zero-order valence-electron chi connectivity index (χ0n) is 14.7. The van der Waals surface area contributed by atoms with Crippen molar-refractivity contribution in [1.29, 1.82) is 0 Å². The Labute approximate surface area is 150 Å². The van der Waals surface area contributed by atoms with E-state index < -0.39 is 11.9 Å². The van der Waals surface area contributed by atoms with Crippen molar-refractivity contribution in [3.05, 3.63) is 76.2 Å². The number of imidazole rings is 1. The zero-order valence-corrected chi connectivity index (χ0v) is 14.7. The first-order valence-electron chi connectivity index (χ1n) is 7.96. The number of benzene rings is 1. The molecule has 1 N–H and O–H groups in total. The molecule has 2 heterocycles. The van der Waals surface area contributed by atoms with Crippen LogP contribution in [0.1, 0.15) is 27.9 Å². The number of ether oxygens (including phenoxy) is 1. The van der Waals surface area contributed by atoms with Gasteiger partial charge in [-0.15, -0.1) is 0 Å². The molecule has 0 aliphatic rings. The molecule has 0 bridgehead atoms. The van der Waals surface area contributed by atoms with Crippen molar-refractivity contribution in [2.45, 2.75) is 6.04 Å². The van der Waals surface area contributed by atoms with Gasteiger partial charge in [0.1, 0.15) is 23.3 Å². The Morgan fingerprint density at radius 1 is 1.15 bits per heavy atom. The number of aromatic nitrogens is 4. The van der Waals surface area contributed by atoms with Gasteiger partial charge in [0.15, 0.2) is 0 Å². The minimum absolute atomic E-state index is 0.153. The summed E-state index contributed by atoms with van der Waals surface area (Å²) in [5.41, 5.74) is 0.718. The monoisotopic (exact) mass is 353 g/mol. The van der Waals surface area contributed by atoms with Crippen LogP contribution < -0.4 is 15.6 Å². The van der Waals surface area contributed by atoms with E-state index in [9.17, 15) is 9.59 Å². The highest BCUT2D eigenvalue weighted by atomic mass is 16.5. The van der Waals surface area contributed by atoms with Gasteiger partial charge in [-0.3, -0.25) is 9.59 Å². The fourth-order valence-corrected chi connectivity index (χ4v) is 2.58. The number of hydrogen-bond acceptors (Lipinski definition) is 5. The Hall–Kier alpha value is -3.42. The van der Waals surface area contributed by atoms with Gasteiger partial charge in [-0.2, -0.15) is 5.10 Å². The molecule has 1 amide bonds. The van der Waals surface area contributed by atoms with E-state index >= 15 is 0 Å². The number of carbonyl (C=O) groups excluding carboxylic acids is 1. The van der Waals surface area contributed by atoms with Gasteiger partial charge < -0.3 is 14.6 Å². The fourth-order valence-electron chi connectivity index (χ4n) is 2.58. The van der Waals surface area contributed by atoms with Gasteiger partial charge in [0.25, 0.3) is 11.5 Å². The van der Waals surface area contributed by atoms with Crippen LogP contribution in [0.4, 0.5) is 0 Å². The SMILES string of the molecule is COc1ccc([C@H](NC(=O)c2ccc(=O)n(C)n2)c2nccn2C)cc1. The first kappa shape index (κ1) is 17.4. The summed E-state index contributed by atoms with van der Waals surface area (Å²) in [6, 6.07) is 9.61. The van der Waals surface area contributed by atoms with Gasteiger partial charge in [0, 0.05) is 32.6 Å².